The van der Waals surface area contributed by atoms with Gasteiger partial charge in [0.25, 0.3) is 0 Å². The predicted molar refractivity (Wildman–Crippen MR) is 13.5 cm³/mol. The van der Waals surface area contributed by atoms with Gasteiger partial charge in [-0.15, -0.1) is 0 Å². The molecular formula is C2H8Mn5. The van der Waals surface area contributed by atoms with Crippen molar-refractivity contribution in [3.8, 4) is 0 Å². The van der Waals surface area contributed by atoms with Crippen molar-refractivity contribution in [3.63, 3.8) is 0 Å². The van der Waals surface area contributed by atoms with E-state index in [0.717, 1.165) is 0 Å². The van der Waals surface area contributed by atoms with Crippen LogP contribution in [-0.2, 0) is 85.3 Å². The Bertz CT molecular complexity index is 6.04. The zero-order valence-corrected chi connectivity index (χ0v) is 7.79. The van der Waals surface area contributed by atoms with Crippen LogP contribution in [0.25, 0.3) is 0 Å². The normalized spacial score (nSPS) is 0. The Labute approximate surface area is 99.1 Å². The molecule has 0 spiro atoms. The largest absolute Gasteiger partial charge is 0.0776 e. The Hall–Kier alpha value is 2.60. The Balaban J connectivity index is 0. The van der Waals surface area contributed by atoms with Crippen molar-refractivity contribution in [1.82, 2.24) is 0 Å². The monoisotopic (exact) mass is 307 g/mol. The van der Waals surface area contributed by atoms with Gasteiger partial charge in [-0.05, 0) is 0 Å². The average molecular weight is 307 g/mol. The molecule has 5 heteroatoms. The Morgan fingerprint density at radius 3 is 0.286 bits per heavy atom. The molecule has 0 saturated carbocycles. The summed E-state index contributed by atoms with van der Waals surface area (Å²) in [7, 11) is 0. The molecule has 0 aromatic carbocycles. The smallest absolute Gasteiger partial charge is 0 e. The second-order valence-corrected chi connectivity index (χ2v) is 0. The van der Waals surface area contributed by atoms with E-state index in [1.54, 1.807) is 0 Å². The van der Waals surface area contributed by atoms with Crippen LogP contribution in [-0.4, -0.2) is 0 Å². The third-order valence-corrected chi connectivity index (χ3v) is 0. The van der Waals surface area contributed by atoms with E-state index in [1.165, 1.54) is 0 Å². The Morgan fingerprint density at radius 2 is 0.286 bits per heavy atom. The molecule has 0 amide bonds. The standard InChI is InChI=1S/2CH4.5Mn/h2*1H4;;;;;. The minimum absolute atomic E-state index is 0. The third kappa shape index (κ3) is 55.5. The maximum Gasteiger partial charge on any atom is 0 e. The second kappa shape index (κ2) is 73.6. The van der Waals surface area contributed by atoms with E-state index < -0.39 is 0 Å². The summed E-state index contributed by atoms with van der Waals surface area (Å²) in [4.78, 5) is 0. The van der Waals surface area contributed by atoms with E-state index in [1.807, 2.05) is 0 Å². The predicted octanol–water partition coefficient (Wildman–Crippen LogP) is 1.26. The van der Waals surface area contributed by atoms with Crippen molar-refractivity contribution in [3.05, 3.63) is 0 Å². The molecule has 0 rings (SSSR count). The van der Waals surface area contributed by atoms with Crippen LogP contribution >= 0.6 is 0 Å². The van der Waals surface area contributed by atoms with Crippen LogP contribution in [0, 0.1) is 0 Å². The summed E-state index contributed by atoms with van der Waals surface area (Å²) >= 11 is 0. The zero-order chi connectivity index (χ0) is 0. The number of rotatable bonds is 0. The third-order valence-electron chi connectivity index (χ3n) is 0. The van der Waals surface area contributed by atoms with E-state index in [4.69, 9.17) is 0 Å². The minimum Gasteiger partial charge on any atom is -0.0776 e. The molecule has 0 aromatic heterocycles. The van der Waals surface area contributed by atoms with Gasteiger partial charge in [0.05, 0.1) is 0 Å². The van der Waals surface area contributed by atoms with Gasteiger partial charge in [0, 0.05) is 85.3 Å². The fourth-order valence-electron chi connectivity index (χ4n) is 0. The van der Waals surface area contributed by atoms with Crippen LogP contribution in [0.15, 0.2) is 0 Å². The van der Waals surface area contributed by atoms with E-state index >= 15 is 0 Å². The maximum absolute atomic E-state index is 0. The fourth-order valence-corrected chi connectivity index (χ4v) is 0. The number of hydrogen-bond donors (Lipinski definition) is 0. The molecule has 0 bridgehead atoms. The van der Waals surface area contributed by atoms with E-state index in [0.29, 0.717) is 0 Å². The molecule has 51 valence electrons. The first-order valence-electron chi connectivity index (χ1n) is 0. The molecule has 0 unspecified atom stereocenters. The molecule has 0 fully saturated rings. The van der Waals surface area contributed by atoms with Crippen molar-refractivity contribution >= 4 is 0 Å². The first kappa shape index (κ1) is 105. The van der Waals surface area contributed by atoms with Crippen LogP contribution in [0.5, 0.6) is 0 Å². The molecule has 0 nitrogen and oxygen atoms in total. The van der Waals surface area contributed by atoms with Gasteiger partial charge in [-0.2, -0.15) is 0 Å². The van der Waals surface area contributed by atoms with Crippen LogP contribution in [0.1, 0.15) is 14.9 Å². The average Bonchev–Trinajstić information content (AvgIpc) is 0. The summed E-state index contributed by atoms with van der Waals surface area (Å²) in [5.74, 6) is 0. The molecular weight excluding hydrogens is 299 g/mol. The van der Waals surface area contributed by atoms with Crippen LogP contribution in [0.2, 0.25) is 0 Å². The first-order chi connectivity index (χ1) is 0. The molecule has 7 heavy (non-hydrogen) atoms. The maximum atomic E-state index is 0. The SMILES string of the molecule is C.C.[Mn].[Mn].[Mn].[Mn].[Mn]. The van der Waals surface area contributed by atoms with Gasteiger partial charge in [-0.1, -0.05) is 14.9 Å². The molecule has 5 radical (unpaired) electrons. The number of hydrogen-bond acceptors (Lipinski definition) is 0. The van der Waals surface area contributed by atoms with Crippen molar-refractivity contribution in [2.45, 2.75) is 14.9 Å². The van der Waals surface area contributed by atoms with Crippen LogP contribution in [0.3, 0.4) is 0 Å². The fraction of sp³-hybridized carbons (Fsp3) is 1.00. The van der Waals surface area contributed by atoms with Crippen molar-refractivity contribution in [2.75, 3.05) is 0 Å². The van der Waals surface area contributed by atoms with Gasteiger partial charge in [0.1, 0.15) is 0 Å². The van der Waals surface area contributed by atoms with Crippen molar-refractivity contribution in [1.29, 1.82) is 0 Å². The van der Waals surface area contributed by atoms with Gasteiger partial charge < -0.3 is 0 Å². The molecule has 0 heterocycles. The molecule has 0 aliphatic carbocycles. The summed E-state index contributed by atoms with van der Waals surface area (Å²) < 4.78 is 0. The molecule has 0 aliphatic heterocycles. The Kier molecular flexibility index (Phi) is 1100. The van der Waals surface area contributed by atoms with E-state index in [2.05, 4.69) is 0 Å². The van der Waals surface area contributed by atoms with Gasteiger partial charge in [0.15, 0.2) is 0 Å². The van der Waals surface area contributed by atoms with E-state index in [9.17, 15) is 0 Å². The second-order valence-electron chi connectivity index (χ2n) is 0. The topological polar surface area (TPSA) is 0 Å². The first-order valence-corrected chi connectivity index (χ1v) is 0. The van der Waals surface area contributed by atoms with Crippen LogP contribution < -0.4 is 0 Å². The van der Waals surface area contributed by atoms with Crippen molar-refractivity contribution < 1.29 is 85.3 Å². The van der Waals surface area contributed by atoms with Gasteiger partial charge in [-0.3, -0.25) is 0 Å². The molecule has 0 aromatic rings. The summed E-state index contributed by atoms with van der Waals surface area (Å²) in [6.45, 7) is 0. The summed E-state index contributed by atoms with van der Waals surface area (Å²) in [5, 5.41) is 0. The summed E-state index contributed by atoms with van der Waals surface area (Å²) in [6, 6.07) is 0. The molecule has 0 saturated heterocycles. The summed E-state index contributed by atoms with van der Waals surface area (Å²) in [5.41, 5.74) is 0. The molecule has 0 aliphatic rings. The summed E-state index contributed by atoms with van der Waals surface area (Å²) in [6.07, 6.45) is 0. The molecule has 0 atom stereocenters. The van der Waals surface area contributed by atoms with Crippen molar-refractivity contribution in [2.24, 2.45) is 0 Å². The minimum atomic E-state index is 0. The molecule has 0 N–H and O–H groups in total. The van der Waals surface area contributed by atoms with Gasteiger partial charge in [-0.25, -0.2) is 0 Å². The van der Waals surface area contributed by atoms with Gasteiger partial charge in [0.2, 0.25) is 0 Å². The Morgan fingerprint density at radius 1 is 0.286 bits per heavy atom. The zero-order valence-electron chi connectivity index (χ0n) is 1.89. The van der Waals surface area contributed by atoms with Crippen LogP contribution in [0.4, 0.5) is 0 Å². The van der Waals surface area contributed by atoms with Gasteiger partial charge >= 0.3 is 0 Å². The van der Waals surface area contributed by atoms with E-state index in [-0.39, 0.29) is 100 Å². The quantitative estimate of drug-likeness (QED) is 0.591.